The lowest BCUT2D eigenvalue weighted by molar-refractivity contribution is 0.0775. The molecule has 0 aliphatic carbocycles. The molecule has 0 saturated heterocycles. The Labute approximate surface area is 173 Å². The van der Waals surface area contributed by atoms with Gasteiger partial charge in [0.25, 0.3) is 5.91 Å². The second kappa shape index (κ2) is 8.32. The van der Waals surface area contributed by atoms with Gasteiger partial charge in [-0.05, 0) is 42.5 Å². The number of nitrogens with zero attached hydrogens (tertiary/aromatic N) is 4. The molecule has 2 aromatic carbocycles. The minimum atomic E-state index is -0.317. The number of pyridine rings is 1. The fourth-order valence-electron chi connectivity index (χ4n) is 3.17. The molecule has 0 fully saturated rings. The van der Waals surface area contributed by atoms with Crippen molar-refractivity contribution in [1.82, 2.24) is 19.7 Å². The Morgan fingerprint density at radius 1 is 1.10 bits per heavy atom. The molecule has 0 bridgehead atoms. The van der Waals surface area contributed by atoms with Crippen LogP contribution in [0.25, 0.3) is 22.3 Å². The molecule has 2 heterocycles. The van der Waals surface area contributed by atoms with Gasteiger partial charge in [0, 0.05) is 25.7 Å². The van der Waals surface area contributed by atoms with Crippen LogP contribution in [0.3, 0.4) is 0 Å². The Bertz CT molecular complexity index is 1190. The third kappa shape index (κ3) is 4.15. The first kappa shape index (κ1) is 19.6. The summed E-state index contributed by atoms with van der Waals surface area (Å²) in [4.78, 5) is 19.5. The highest BCUT2D eigenvalue weighted by atomic mass is 19.1. The summed E-state index contributed by atoms with van der Waals surface area (Å²) in [6, 6.07) is 17.0. The second-order valence-electron chi connectivity index (χ2n) is 6.98. The second-order valence-corrected chi connectivity index (χ2v) is 6.98. The lowest BCUT2D eigenvalue weighted by Crippen LogP contribution is -2.31. The summed E-state index contributed by atoms with van der Waals surface area (Å²) in [5, 5.41) is 5.19. The summed E-state index contributed by atoms with van der Waals surface area (Å²) in [5.41, 5.74) is 2.65. The van der Waals surface area contributed by atoms with Crippen LogP contribution in [0.2, 0.25) is 0 Å². The number of likely N-dealkylation sites (N-methyl/N-ethyl adjacent to an activating group) is 1. The van der Waals surface area contributed by atoms with E-state index in [-0.39, 0.29) is 11.7 Å². The molecule has 30 heavy (non-hydrogen) atoms. The van der Waals surface area contributed by atoms with Gasteiger partial charge in [0.15, 0.2) is 0 Å². The maximum Gasteiger partial charge on any atom is 0.254 e. The van der Waals surface area contributed by atoms with E-state index in [4.69, 9.17) is 4.74 Å². The number of carbonyl (C=O) groups excluding carboxylic acids is 1. The van der Waals surface area contributed by atoms with Crippen molar-refractivity contribution in [2.45, 2.75) is 0 Å². The summed E-state index contributed by atoms with van der Waals surface area (Å²) < 4.78 is 20.3. The van der Waals surface area contributed by atoms with Crippen LogP contribution in [0.15, 0.2) is 66.9 Å². The number of amides is 1. The smallest absolute Gasteiger partial charge is 0.254 e. The SMILES string of the molecule is CN(CCOc1ccc(F)cc1)C(=O)c1cc(-c2ccn(C)n2)nc2ccccc12. The molecule has 152 valence electrons. The molecule has 4 aromatic rings. The van der Waals surface area contributed by atoms with Crippen LogP contribution in [0.4, 0.5) is 4.39 Å². The van der Waals surface area contributed by atoms with E-state index in [0.717, 1.165) is 10.9 Å². The van der Waals surface area contributed by atoms with Gasteiger partial charge in [-0.15, -0.1) is 0 Å². The number of aryl methyl sites for hydroxylation is 1. The molecular formula is C23H21FN4O2. The van der Waals surface area contributed by atoms with Crippen molar-refractivity contribution >= 4 is 16.8 Å². The molecule has 0 atom stereocenters. The van der Waals surface area contributed by atoms with Gasteiger partial charge in [-0.1, -0.05) is 18.2 Å². The van der Waals surface area contributed by atoms with E-state index in [9.17, 15) is 9.18 Å². The Morgan fingerprint density at radius 3 is 2.60 bits per heavy atom. The molecule has 0 N–H and O–H groups in total. The van der Waals surface area contributed by atoms with Crippen LogP contribution >= 0.6 is 0 Å². The quantitative estimate of drug-likeness (QED) is 0.489. The largest absolute Gasteiger partial charge is 0.492 e. The highest BCUT2D eigenvalue weighted by molar-refractivity contribution is 6.07. The van der Waals surface area contributed by atoms with Gasteiger partial charge >= 0.3 is 0 Å². The van der Waals surface area contributed by atoms with E-state index in [0.29, 0.717) is 35.9 Å². The van der Waals surface area contributed by atoms with Crippen molar-refractivity contribution < 1.29 is 13.9 Å². The summed E-state index contributed by atoms with van der Waals surface area (Å²) >= 11 is 0. The monoisotopic (exact) mass is 404 g/mol. The molecule has 6 nitrogen and oxygen atoms in total. The van der Waals surface area contributed by atoms with Crippen LogP contribution < -0.4 is 4.74 Å². The van der Waals surface area contributed by atoms with Crippen LogP contribution in [0.5, 0.6) is 5.75 Å². The minimum Gasteiger partial charge on any atom is -0.492 e. The Hall–Kier alpha value is -3.74. The van der Waals surface area contributed by atoms with Gasteiger partial charge in [0.05, 0.1) is 23.3 Å². The number of rotatable bonds is 6. The maximum atomic E-state index is 13.2. The van der Waals surface area contributed by atoms with Gasteiger partial charge in [-0.2, -0.15) is 5.10 Å². The molecule has 0 radical (unpaired) electrons. The number of carbonyl (C=O) groups is 1. The Morgan fingerprint density at radius 2 is 1.87 bits per heavy atom. The van der Waals surface area contributed by atoms with Gasteiger partial charge in [0.2, 0.25) is 0 Å². The van der Waals surface area contributed by atoms with Crippen molar-refractivity contribution in [3.63, 3.8) is 0 Å². The summed E-state index contributed by atoms with van der Waals surface area (Å²) in [7, 11) is 3.57. The fourth-order valence-corrected chi connectivity index (χ4v) is 3.17. The van der Waals surface area contributed by atoms with Crippen LogP contribution in [0, 0.1) is 5.82 Å². The van der Waals surface area contributed by atoms with Crippen LogP contribution in [-0.2, 0) is 7.05 Å². The zero-order valence-corrected chi connectivity index (χ0v) is 16.7. The predicted octanol–water partition coefficient (Wildman–Crippen LogP) is 3.93. The lowest BCUT2D eigenvalue weighted by Gasteiger charge is -2.19. The molecule has 0 aliphatic heterocycles. The van der Waals surface area contributed by atoms with Gasteiger partial charge < -0.3 is 9.64 Å². The average molecular weight is 404 g/mol. The van der Waals surface area contributed by atoms with E-state index in [2.05, 4.69) is 10.1 Å². The van der Waals surface area contributed by atoms with Gasteiger partial charge in [-0.25, -0.2) is 9.37 Å². The zero-order valence-electron chi connectivity index (χ0n) is 16.7. The number of para-hydroxylation sites is 1. The zero-order chi connectivity index (χ0) is 21.1. The molecular weight excluding hydrogens is 383 g/mol. The number of halogens is 1. The topological polar surface area (TPSA) is 60.2 Å². The van der Waals surface area contributed by atoms with E-state index in [1.807, 2.05) is 43.6 Å². The molecule has 2 aromatic heterocycles. The van der Waals surface area contributed by atoms with Crippen molar-refractivity contribution in [3.05, 3.63) is 78.2 Å². The summed E-state index contributed by atoms with van der Waals surface area (Å²) in [5.74, 6) is 0.112. The van der Waals surface area contributed by atoms with Crippen molar-refractivity contribution in [1.29, 1.82) is 0 Å². The highest BCUT2D eigenvalue weighted by Crippen LogP contribution is 2.24. The van der Waals surface area contributed by atoms with Crippen molar-refractivity contribution in [3.8, 4) is 17.1 Å². The van der Waals surface area contributed by atoms with Crippen LogP contribution in [0.1, 0.15) is 10.4 Å². The number of aromatic nitrogens is 3. The number of ether oxygens (including phenoxy) is 1. The molecule has 4 rings (SSSR count). The van der Waals surface area contributed by atoms with Crippen molar-refractivity contribution in [2.75, 3.05) is 20.2 Å². The standard InChI is InChI=1S/C23H21FN4O2/c1-27(13-14-30-17-9-7-16(24)8-10-17)23(29)19-15-22(21-11-12-28(2)26-21)25-20-6-4-3-5-18(19)20/h3-12,15H,13-14H2,1-2H3. The molecule has 1 amide bonds. The lowest BCUT2D eigenvalue weighted by atomic mass is 10.1. The minimum absolute atomic E-state index is 0.131. The number of fused-ring (bicyclic) bond motifs is 1. The first-order chi connectivity index (χ1) is 14.5. The maximum absolute atomic E-state index is 13.2. The van der Waals surface area contributed by atoms with Crippen molar-refractivity contribution in [2.24, 2.45) is 7.05 Å². The number of hydrogen-bond acceptors (Lipinski definition) is 4. The molecule has 7 heteroatoms. The normalized spacial score (nSPS) is 10.9. The van der Waals surface area contributed by atoms with E-state index < -0.39 is 0 Å². The first-order valence-corrected chi connectivity index (χ1v) is 9.55. The summed E-state index contributed by atoms with van der Waals surface area (Å²) in [6.07, 6.45) is 1.84. The third-order valence-corrected chi connectivity index (χ3v) is 4.78. The summed E-state index contributed by atoms with van der Waals surface area (Å²) in [6.45, 7) is 0.676. The Balaban J connectivity index is 1.56. The molecule has 0 aliphatic rings. The highest BCUT2D eigenvalue weighted by Gasteiger charge is 2.18. The Kier molecular flexibility index (Phi) is 5.43. The molecule has 0 spiro atoms. The van der Waals surface area contributed by atoms with Gasteiger partial charge in [-0.3, -0.25) is 9.48 Å². The fraction of sp³-hybridized carbons (Fsp3) is 0.174. The predicted molar refractivity (Wildman–Crippen MR) is 113 cm³/mol. The molecule has 0 saturated carbocycles. The number of benzene rings is 2. The van der Waals surface area contributed by atoms with Gasteiger partial charge in [0.1, 0.15) is 23.9 Å². The van der Waals surface area contributed by atoms with E-state index >= 15 is 0 Å². The molecule has 0 unspecified atom stereocenters. The third-order valence-electron chi connectivity index (χ3n) is 4.78. The van der Waals surface area contributed by atoms with Crippen LogP contribution in [-0.4, -0.2) is 45.8 Å². The van der Waals surface area contributed by atoms with E-state index in [1.54, 1.807) is 34.8 Å². The number of hydrogen-bond donors (Lipinski definition) is 0. The average Bonchev–Trinajstić information content (AvgIpc) is 3.20. The van der Waals surface area contributed by atoms with E-state index in [1.165, 1.54) is 12.1 Å². The first-order valence-electron chi connectivity index (χ1n) is 9.55.